The summed E-state index contributed by atoms with van der Waals surface area (Å²) in [5.41, 5.74) is 3.08. The number of esters is 1. The van der Waals surface area contributed by atoms with Crippen LogP contribution in [0.1, 0.15) is 27.0 Å². The highest BCUT2D eigenvalue weighted by molar-refractivity contribution is 5.92. The number of hydrogen-bond donors (Lipinski definition) is 1. The molecular formula is C20H23NO5. The molecule has 0 aliphatic rings. The molecule has 2 aromatic carbocycles. The van der Waals surface area contributed by atoms with Crippen molar-refractivity contribution in [2.75, 3.05) is 20.8 Å². The van der Waals surface area contributed by atoms with Gasteiger partial charge in [-0.05, 0) is 43.2 Å². The van der Waals surface area contributed by atoms with Crippen LogP contribution in [0, 0.1) is 13.8 Å². The number of amides is 1. The molecule has 0 unspecified atom stereocenters. The van der Waals surface area contributed by atoms with E-state index in [9.17, 15) is 9.59 Å². The third-order valence-electron chi connectivity index (χ3n) is 3.88. The summed E-state index contributed by atoms with van der Waals surface area (Å²) in [6, 6.07) is 10.9. The summed E-state index contributed by atoms with van der Waals surface area (Å²) in [6.07, 6.45) is 0. The molecule has 2 rings (SSSR count). The van der Waals surface area contributed by atoms with Crippen molar-refractivity contribution in [1.82, 2.24) is 5.32 Å². The van der Waals surface area contributed by atoms with E-state index in [1.807, 2.05) is 32.0 Å². The van der Waals surface area contributed by atoms with Crippen LogP contribution in [0.5, 0.6) is 11.5 Å². The summed E-state index contributed by atoms with van der Waals surface area (Å²) >= 11 is 0. The third kappa shape index (κ3) is 4.99. The van der Waals surface area contributed by atoms with Gasteiger partial charge in [0.2, 0.25) is 0 Å². The molecule has 0 fully saturated rings. The number of hydrogen-bond acceptors (Lipinski definition) is 5. The monoisotopic (exact) mass is 357 g/mol. The van der Waals surface area contributed by atoms with Crippen LogP contribution in [0.25, 0.3) is 0 Å². The molecule has 0 aromatic heterocycles. The van der Waals surface area contributed by atoms with Crippen LogP contribution >= 0.6 is 0 Å². The van der Waals surface area contributed by atoms with Crippen molar-refractivity contribution in [2.24, 2.45) is 0 Å². The van der Waals surface area contributed by atoms with Gasteiger partial charge in [-0.15, -0.1) is 0 Å². The van der Waals surface area contributed by atoms with Gasteiger partial charge in [0.05, 0.1) is 19.8 Å². The van der Waals surface area contributed by atoms with Crippen molar-refractivity contribution < 1.29 is 23.8 Å². The maximum Gasteiger partial charge on any atom is 0.338 e. The summed E-state index contributed by atoms with van der Waals surface area (Å²) in [5.74, 6) is 0.316. The molecule has 0 saturated heterocycles. The number of nitrogens with one attached hydrogen (secondary N) is 1. The predicted octanol–water partition coefficient (Wildman–Crippen LogP) is 2.79. The van der Waals surface area contributed by atoms with Gasteiger partial charge in [-0.3, -0.25) is 4.79 Å². The zero-order chi connectivity index (χ0) is 19.1. The zero-order valence-electron chi connectivity index (χ0n) is 15.4. The molecule has 138 valence electrons. The Morgan fingerprint density at radius 3 is 2.38 bits per heavy atom. The second-order valence-corrected chi connectivity index (χ2v) is 5.86. The van der Waals surface area contributed by atoms with Crippen LogP contribution in [0.2, 0.25) is 0 Å². The lowest BCUT2D eigenvalue weighted by atomic mass is 10.1. The summed E-state index contributed by atoms with van der Waals surface area (Å²) < 4.78 is 15.5. The number of benzene rings is 2. The highest BCUT2D eigenvalue weighted by Gasteiger charge is 2.13. The molecule has 0 spiro atoms. The van der Waals surface area contributed by atoms with Crippen LogP contribution in [-0.4, -0.2) is 32.7 Å². The van der Waals surface area contributed by atoms with Crippen molar-refractivity contribution in [3.05, 3.63) is 58.7 Å². The summed E-state index contributed by atoms with van der Waals surface area (Å²) in [6.45, 7) is 3.68. The topological polar surface area (TPSA) is 73.9 Å². The Kier molecular flexibility index (Phi) is 6.60. The number of ether oxygens (including phenoxy) is 3. The lowest BCUT2D eigenvalue weighted by Crippen LogP contribution is -2.28. The first-order chi connectivity index (χ1) is 12.4. The van der Waals surface area contributed by atoms with E-state index in [0.717, 1.165) is 16.7 Å². The summed E-state index contributed by atoms with van der Waals surface area (Å²) in [4.78, 5) is 24.1. The standard InChI is InChI=1S/C20H23NO5/c1-13-5-6-14(2)16(9-13)20(23)26-12-19(22)21-11-15-7-8-17(24-3)18(10-15)25-4/h5-10H,11-12H2,1-4H3,(H,21,22). The molecule has 0 aliphatic heterocycles. The van der Waals surface area contributed by atoms with Gasteiger partial charge in [0, 0.05) is 6.54 Å². The van der Waals surface area contributed by atoms with Crippen molar-refractivity contribution in [1.29, 1.82) is 0 Å². The van der Waals surface area contributed by atoms with Gasteiger partial charge < -0.3 is 19.5 Å². The third-order valence-corrected chi connectivity index (χ3v) is 3.88. The number of rotatable bonds is 7. The molecule has 1 amide bonds. The van der Waals surface area contributed by atoms with E-state index in [-0.39, 0.29) is 12.5 Å². The summed E-state index contributed by atoms with van der Waals surface area (Å²) in [7, 11) is 3.11. The molecule has 0 atom stereocenters. The normalized spacial score (nSPS) is 10.2. The van der Waals surface area contributed by atoms with E-state index in [1.54, 1.807) is 32.4 Å². The van der Waals surface area contributed by atoms with Crippen LogP contribution < -0.4 is 14.8 Å². The predicted molar refractivity (Wildman–Crippen MR) is 97.6 cm³/mol. The molecule has 0 saturated carbocycles. The Bertz CT molecular complexity index is 801. The minimum absolute atomic E-state index is 0.292. The Hall–Kier alpha value is -3.02. The van der Waals surface area contributed by atoms with Crippen molar-refractivity contribution in [2.45, 2.75) is 20.4 Å². The van der Waals surface area contributed by atoms with Crippen LogP contribution in [0.3, 0.4) is 0 Å². The first-order valence-corrected chi connectivity index (χ1v) is 8.16. The molecule has 0 heterocycles. The quantitative estimate of drug-likeness (QED) is 0.772. The van der Waals surface area contributed by atoms with Crippen molar-refractivity contribution >= 4 is 11.9 Å². The van der Waals surface area contributed by atoms with Gasteiger partial charge in [-0.25, -0.2) is 4.79 Å². The molecule has 6 heteroatoms. The Balaban J connectivity index is 1.87. The first kappa shape index (κ1) is 19.3. The summed E-state index contributed by atoms with van der Waals surface area (Å²) in [5, 5.41) is 2.71. The molecule has 6 nitrogen and oxygen atoms in total. The fourth-order valence-corrected chi connectivity index (χ4v) is 2.41. The van der Waals surface area contributed by atoms with E-state index in [1.165, 1.54) is 0 Å². The fourth-order valence-electron chi connectivity index (χ4n) is 2.41. The number of aryl methyl sites for hydroxylation is 2. The lowest BCUT2D eigenvalue weighted by molar-refractivity contribution is -0.124. The molecule has 0 bridgehead atoms. The largest absolute Gasteiger partial charge is 0.493 e. The van der Waals surface area contributed by atoms with Crippen LogP contribution in [0.4, 0.5) is 0 Å². The fraction of sp³-hybridized carbons (Fsp3) is 0.300. The molecule has 0 radical (unpaired) electrons. The Morgan fingerprint density at radius 1 is 0.962 bits per heavy atom. The lowest BCUT2D eigenvalue weighted by Gasteiger charge is -2.11. The highest BCUT2D eigenvalue weighted by atomic mass is 16.5. The maximum atomic E-state index is 12.1. The second-order valence-electron chi connectivity index (χ2n) is 5.86. The van der Waals surface area contributed by atoms with E-state index in [4.69, 9.17) is 14.2 Å². The van der Waals surface area contributed by atoms with Crippen LogP contribution in [-0.2, 0) is 16.1 Å². The number of methoxy groups -OCH3 is 2. The Labute approximate surface area is 153 Å². The van der Waals surface area contributed by atoms with Gasteiger partial charge in [-0.2, -0.15) is 0 Å². The van der Waals surface area contributed by atoms with Crippen molar-refractivity contribution in [3.63, 3.8) is 0 Å². The average molecular weight is 357 g/mol. The van der Waals surface area contributed by atoms with Gasteiger partial charge in [0.1, 0.15) is 0 Å². The zero-order valence-corrected chi connectivity index (χ0v) is 15.4. The van der Waals surface area contributed by atoms with Gasteiger partial charge >= 0.3 is 5.97 Å². The minimum atomic E-state index is -0.507. The van der Waals surface area contributed by atoms with Crippen molar-refractivity contribution in [3.8, 4) is 11.5 Å². The first-order valence-electron chi connectivity index (χ1n) is 8.16. The smallest absolute Gasteiger partial charge is 0.338 e. The molecule has 0 aliphatic carbocycles. The SMILES string of the molecule is COc1ccc(CNC(=O)COC(=O)c2cc(C)ccc2C)cc1OC. The van der Waals surface area contributed by atoms with Crippen LogP contribution in [0.15, 0.2) is 36.4 Å². The molecule has 1 N–H and O–H groups in total. The second kappa shape index (κ2) is 8.89. The molecular weight excluding hydrogens is 334 g/mol. The van der Waals surface area contributed by atoms with E-state index < -0.39 is 5.97 Å². The average Bonchev–Trinajstić information content (AvgIpc) is 2.65. The Morgan fingerprint density at radius 2 is 1.69 bits per heavy atom. The maximum absolute atomic E-state index is 12.1. The molecule has 26 heavy (non-hydrogen) atoms. The van der Waals surface area contributed by atoms with Gasteiger partial charge in [0.25, 0.3) is 5.91 Å². The van der Waals surface area contributed by atoms with E-state index in [2.05, 4.69) is 5.32 Å². The van der Waals surface area contributed by atoms with Gasteiger partial charge in [0.15, 0.2) is 18.1 Å². The number of carbonyl (C=O) groups excluding carboxylic acids is 2. The molecule has 2 aromatic rings. The van der Waals surface area contributed by atoms with E-state index >= 15 is 0 Å². The number of carbonyl (C=O) groups is 2. The minimum Gasteiger partial charge on any atom is -0.493 e. The van der Waals surface area contributed by atoms with E-state index in [0.29, 0.717) is 23.6 Å². The highest BCUT2D eigenvalue weighted by Crippen LogP contribution is 2.27. The van der Waals surface area contributed by atoms with Gasteiger partial charge in [-0.1, -0.05) is 23.8 Å².